The van der Waals surface area contributed by atoms with Gasteiger partial charge in [-0.3, -0.25) is 4.98 Å². The first-order chi connectivity index (χ1) is 5.65. The Bertz CT molecular complexity index is 330. The zero-order chi connectivity index (χ0) is 9.14. The van der Waals surface area contributed by atoms with Gasteiger partial charge in [0.25, 0.3) is 0 Å². The Morgan fingerprint density at radius 2 is 2.42 bits per heavy atom. The number of nitrogen functional groups attached to an aromatic ring is 1. The smallest absolute Gasteiger partial charge is 0.0871 e. The average Bonchev–Trinajstić information content (AvgIpc) is 2.03. The monoisotopic (exact) mass is 181 g/mol. The van der Waals surface area contributed by atoms with Gasteiger partial charge in [0.05, 0.1) is 34.6 Å². The van der Waals surface area contributed by atoms with Crippen LogP contribution in [0.3, 0.4) is 0 Å². The number of anilines is 1. The van der Waals surface area contributed by atoms with Crippen molar-refractivity contribution in [1.29, 1.82) is 5.26 Å². The van der Waals surface area contributed by atoms with Gasteiger partial charge in [-0.05, 0) is 13.0 Å². The molecule has 0 aliphatic carbocycles. The molecule has 12 heavy (non-hydrogen) atoms. The van der Waals surface area contributed by atoms with E-state index in [0.29, 0.717) is 16.4 Å². The van der Waals surface area contributed by atoms with E-state index in [1.807, 2.05) is 0 Å². The second-order valence-corrected chi connectivity index (χ2v) is 2.89. The first kappa shape index (κ1) is 8.82. The van der Waals surface area contributed by atoms with Crippen molar-refractivity contribution in [2.75, 3.05) is 5.73 Å². The van der Waals surface area contributed by atoms with E-state index in [4.69, 9.17) is 22.6 Å². The lowest BCUT2D eigenvalue weighted by atomic mass is 10.1. The lowest BCUT2D eigenvalue weighted by molar-refractivity contribution is 0.921. The van der Waals surface area contributed by atoms with Crippen LogP contribution >= 0.6 is 11.6 Å². The minimum atomic E-state index is -0.293. The molecule has 0 radical (unpaired) electrons. The van der Waals surface area contributed by atoms with Crippen LogP contribution in [0.5, 0.6) is 0 Å². The van der Waals surface area contributed by atoms with Crippen LogP contribution in [-0.4, -0.2) is 4.98 Å². The molecule has 0 fully saturated rings. The highest BCUT2D eigenvalue weighted by atomic mass is 35.5. The summed E-state index contributed by atoms with van der Waals surface area (Å²) >= 11 is 5.81. The zero-order valence-corrected chi connectivity index (χ0v) is 7.34. The lowest BCUT2D eigenvalue weighted by Crippen LogP contribution is -1.97. The number of halogens is 1. The Labute approximate surface area is 75.8 Å². The van der Waals surface area contributed by atoms with Crippen molar-refractivity contribution in [2.24, 2.45) is 0 Å². The van der Waals surface area contributed by atoms with Crippen molar-refractivity contribution < 1.29 is 0 Å². The molecule has 1 rings (SSSR count). The third-order valence-electron chi connectivity index (χ3n) is 1.49. The lowest BCUT2D eigenvalue weighted by Gasteiger charge is -2.04. The number of nitriles is 1. The molecule has 0 aromatic carbocycles. The van der Waals surface area contributed by atoms with E-state index in [1.165, 1.54) is 6.20 Å². The van der Waals surface area contributed by atoms with E-state index in [9.17, 15) is 0 Å². The Kier molecular flexibility index (Phi) is 2.51. The summed E-state index contributed by atoms with van der Waals surface area (Å²) in [5.74, 6) is -0.293. The third-order valence-corrected chi connectivity index (χ3v) is 1.80. The van der Waals surface area contributed by atoms with Crippen LogP contribution in [0.1, 0.15) is 18.5 Å². The summed E-state index contributed by atoms with van der Waals surface area (Å²) in [6.45, 7) is 1.74. The molecule has 1 heterocycles. The largest absolute Gasteiger partial charge is 0.397 e. The van der Waals surface area contributed by atoms with Gasteiger partial charge in [-0.25, -0.2) is 0 Å². The van der Waals surface area contributed by atoms with Gasteiger partial charge in [-0.1, -0.05) is 11.6 Å². The van der Waals surface area contributed by atoms with E-state index >= 15 is 0 Å². The fourth-order valence-electron chi connectivity index (χ4n) is 0.843. The van der Waals surface area contributed by atoms with Gasteiger partial charge in [0, 0.05) is 0 Å². The first-order valence-electron chi connectivity index (χ1n) is 3.45. The van der Waals surface area contributed by atoms with Crippen molar-refractivity contribution in [3.8, 4) is 6.07 Å². The topological polar surface area (TPSA) is 62.7 Å². The van der Waals surface area contributed by atoms with Crippen molar-refractivity contribution >= 4 is 17.3 Å². The second-order valence-electron chi connectivity index (χ2n) is 2.49. The number of nitrogens with two attached hydrogens (primary N) is 1. The van der Waals surface area contributed by atoms with Crippen LogP contribution in [0.4, 0.5) is 5.69 Å². The summed E-state index contributed by atoms with van der Waals surface area (Å²) in [5, 5.41) is 9.05. The normalized spacial score (nSPS) is 12.1. The Morgan fingerprint density at radius 3 is 2.92 bits per heavy atom. The number of hydrogen-bond donors (Lipinski definition) is 1. The Morgan fingerprint density at radius 1 is 1.75 bits per heavy atom. The quantitative estimate of drug-likeness (QED) is 0.720. The second kappa shape index (κ2) is 3.42. The van der Waals surface area contributed by atoms with Crippen molar-refractivity contribution in [1.82, 2.24) is 4.98 Å². The molecule has 4 heteroatoms. The van der Waals surface area contributed by atoms with Crippen LogP contribution in [0.25, 0.3) is 0 Å². The average molecular weight is 182 g/mol. The summed E-state index contributed by atoms with van der Waals surface area (Å²) in [6, 6.07) is 3.65. The van der Waals surface area contributed by atoms with Crippen LogP contribution in [0.15, 0.2) is 12.3 Å². The SMILES string of the molecule is CC(C#N)c1ncc(N)cc1Cl. The fourth-order valence-corrected chi connectivity index (χ4v) is 1.18. The van der Waals surface area contributed by atoms with Crippen LogP contribution in [0.2, 0.25) is 5.02 Å². The molecule has 3 nitrogen and oxygen atoms in total. The van der Waals surface area contributed by atoms with Gasteiger partial charge in [0.15, 0.2) is 0 Å². The van der Waals surface area contributed by atoms with Crippen molar-refractivity contribution in [3.63, 3.8) is 0 Å². The highest BCUT2D eigenvalue weighted by molar-refractivity contribution is 6.31. The van der Waals surface area contributed by atoms with Gasteiger partial charge < -0.3 is 5.73 Å². The molecule has 62 valence electrons. The van der Waals surface area contributed by atoms with Gasteiger partial charge >= 0.3 is 0 Å². The molecule has 0 saturated heterocycles. The molecule has 0 aliphatic rings. The Hall–Kier alpha value is -1.27. The van der Waals surface area contributed by atoms with E-state index < -0.39 is 0 Å². The third kappa shape index (κ3) is 1.66. The van der Waals surface area contributed by atoms with Gasteiger partial charge in [-0.15, -0.1) is 0 Å². The van der Waals surface area contributed by atoms with Crippen molar-refractivity contribution in [3.05, 3.63) is 23.0 Å². The minimum absolute atomic E-state index is 0.293. The molecule has 0 bridgehead atoms. The van der Waals surface area contributed by atoms with Crippen LogP contribution in [0, 0.1) is 11.3 Å². The summed E-state index contributed by atoms with van der Waals surface area (Å²) in [4.78, 5) is 3.97. The predicted molar refractivity (Wildman–Crippen MR) is 47.7 cm³/mol. The summed E-state index contributed by atoms with van der Waals surface area (Å²) < 4.78 is 0. The molecule has 2 N–H and O–H groups in total. The van der Waals surface area contributed by atoms with Crippen molar-refractivity contribution in [2.45, 2.75) is 12.8 Å². The summed E-state index contributed by atoms with van der Waals surface area (Å²) in [7, 11) is 0. The molecule has 1 atom stereocenters. The highest BCUT2D eigenvalue weighted by Gasteiger charge is 2.09. The number of hydrogen-bond acceptors (Lipinski definition) is 3. The predicted octanol–water partition coefficient (Wildman–Crippen LogP) is 1.94. The highest BCUT2D eigenvalue weighted by Crippen LogP contribution is 2.22. The molecule has 1 aromatic heterocycles. The van der Waals surface area contributed by atoms with E-state index in [2.05, 4.69) is 11.1 Å². The van der Waals surface area contributed by atoms with E-state index in [-0.39, 0.29) is 5.92 Å². The molecule has 1 aromatic rings. The minimum Gasteiger partial charge on any atom is -0.397 e. The molecule has 0 aliphatic heterocycles. The van der Waals surface area contributed by atoms with Gasteiger partial charge in [-0.2, -0.15) is 5.26 Å². The first-order valence-corrected chi connectivity index (χ1v) is 3.83. The number of nitrogens with zero attached hydrogens (tertiary/aromatic N) is 2. The fraction of sp³-hybridized carbons (Fsp3) is 0.250. The van der Waals surface area contributed by atoms with Crippen LogP contribution in [-0.2, 0) is 0 Å². The maximum Gasteiger partial charge on any atom is 0.0871 e. The maximum absolute atomic E-state index is 8.60. The molecular weight excluding hydrogens is 174 g/mol. The number of aromatic nitrogens is 1. The molecule has 0 saturated carbocycles. The summed E-state index contributed by atoms with van der Waals surface area (Å²) in [5.41, 5.74) is 6.52. The zero-order valence-electron chi connectivity index (χ0n) is 6.58. The van der Waals surface area contributed by atoms with E-state index in [1.54, 1.807) is 13.0 Å². The number of rotatable bonds is 1. The maximum atomic E-state index is 8.60. The van der Waals surface area contributed by atoms with E-state index in [0.717, 1.165) is 0 Å². The molecule has 0 spiro atoms. The van der Waals surface area contributed by atoms with Gasteiger partial charge in [0.1, 0.15) is 0 Å². The molecular formula is C8H8ClN3. The molecule has 1 unspecified atom stereocenters. The number of pyridine rings is 1. The summed E-state index contributed by atoms with van der Waals surface area (Å²) in [6.07, 6.45) is 1.50. The van der Waals surface area contributed by atoms with Gasteiger partial charge in [0.2, 0.25) is 0 Å². The Balaban J connectivity index is 3.11. The standard InChI is InChI=1S/C8H8ClN3/c1-5(3-10)8-7(9)2-6(11)4-12-8/h2,4-5H,11H2,1H3. The molecule has 0 amide bonds. The van der Waals surface area contributed by atoms with Crippen LogP contribution < -0.4 is 5.73 Å².